The van der Waals surface area contributed by atoms with E-state index in [0.29, 0.717) is 18.5 Å². The molecule has 4 heteroatoms. The molecule has 0 aliphatic rings. The molecule has 0 saturated heterocycles. The summed E-state index contributed by atoms with van der Waals surface area (Å²) in [7, 11) is 1.36. The molecule has 0 unspecified atom stereocenters. The van der Waals surface area contributed by atoms with Crippen LogP contribution in [0.5, 0.6) is 0 Å². The first-order valence-electron chi connectivity index (χ1n) is 5.05. The second-order valence-corrected chi connectivity index (χ2v) is 3.39. The summed E-state index contributed by atoms with van der Waals surface area (Å²) in [6.45, 7) is 2.02. The smallest absolute Gasteiger partial charge is 0.307 e. The highest BCUT2D eigenvalue weighted by molar-refractivity contribution is 5.94. The Morgan fingerprint density at radius 2 is 2.12 bits per heavy atom. The predicted octanol–water partition coefficient (Wildman–Crippen LogP) is 1.86. The highest BCUT2D eigenvalue weighted by Gasteiger charge is 2.02. The highest BCUT2D eigenvalue weighted by Crippen LogP contribution is 2.10. The molecule has 1 aromatic rings. The number of benzene rings is 1. The topological polar surface area (TPSA) is 55.4 Å². The number of methoxy groups -OCH3 is 1. The molecule has 4 nitrogen and oxygen atoms in total. The third-order valence-corrected chi connectivity index (χ3v) is 2.16. The van der Waals surface area contributed by atoms with Crippen molar-refractivity contribution in [3.8, 4) is 0 Å². The van der Waals surface area contributed by atoms with E-state index in [0.717, 1.165) is 5.69 Å². The Bertz CT molecular complexity index is 388. The van der Waals surface area contributed by atoms with Crippen LogP contribution < -0.4 is 5.32 Å². The summed E-state index contributed by atoms with van der Waals surface area (Å²) < 4.78 is 4.52. The fraction of sp³-hybridized carbons (Fsp3) is 0.333. The highest BCUT2D eigenvalue weighted by atomic mass is 16.5. The Morgan fingerprint density at radius 1 is 1.38 bits per heavy atom. The number of Topliss-reactive ketones (excluding diaryl/α,β-unsaturated/α-hetero) is 1. The van der Waals surface area contributed by atoms with Gasteiger partial charge in [0.15, 0.2) is 5.78 Å². The molecule has 0 aliphatic carbocycles. The quantitative estimate of drug-likeness (QED) is 0.609. The lowest BCUT2D eigenvalue weighted by Crippen LogP contribution is -2.09. The Hall–Kier alpha value is -1.84. The molecule has 0 spiro atoms. The van der Waals surface area contributed by atoms with Crippen LogP contribution in [0.2, 0.25) is 0 Å². The van der Waals surface area contributed by atoms with Crippen LogP contribution in [0.4, 0.5) is 5.69 Å². The number of esters is 1. The molecule has 0 radical (unpaired) electrons. The summed E-state index contributed by atoms with van der Waals surface area (Å²) in [5, 5.41) is 3.05. The summed E-state index contributed by atoms with van der Waals surface area (Å²) in [6, 6.07) is 7.17. The van der Waals surface area contributed by atoms with Gasteiger partial charge in [0.1, 0.15) is 0 Å². The number of hydrogen-bond donors (Lipinski definition) is 1. The molecule has 16 heavy (non-hydrogen) atoms. The van der Waals surface area contributed by atoms with Gasteiger partial charge in [0, 0.05) is 17.8 Å². The molecule has 0 heterocycles. The Morgan fingerprint density at radius 3 is 2.75 bits per heavy atom. The molecular weight excluding hydrogens is 206 g/mol. The van der Waals surface area contributed by atoms with Crippen molar-refractivity contribution >= 4 is 17.4 Å². The monoisotopic (exact) mass is 221 g/mol. The van der Waals surface area contributed by atoms with Crippen molar-refractivity contribution in [2.45, 2.75) is 13.3 Å². The van der Waals surface area contributed by atoms with Crippen molar-refractivity contribution < 1.29 is 14.3 Å². The number of ether oxygens (including phenoxy) is 1. The molecular formula is C12H15NO3. The van der Waals surface area contributed by atoms with E-state index in [2.05, 4.69) is 10.1 Å². The van der Waals surface area contributed by atoms with Crippen LogP contribution in [0.3, 0.4) is 0 Å². The van der Waals surface area contributed by atoms with Crippen LogP contribution in [-0.4, -0.2) is 25.4 Å². The van der Waals surface area contributed by atoms with E-state index in [1.807, 2.05) is 6.07 Å². The van der Waals surface area contributed by atoms with E-state index in [1.54, 1.807) is 18.2 Å². The normalized spacial score (nSPS) is 9.62. The molecule has 86 valence electrons. The maximum atomic E-state index is 11.1. The number of rotatable bonds is 5. The fourth-order valence-corrected chi connectivity index (χ4v) is 1.26. The van der Waals surface area contributed by atoms with E-state index in [4.69, 9.17) is 0 Å². The summed E-state index contributed by atoms with van der Waals surface area (Å²) >= 11 is 0. The van der Waals surface area contributed by atoms with Gasteiger partial charge in [-0.2, -0.15) is 0 Å². The van der Waals surface area contributed by atoms with E-state index >= 15 is 0 Å². The second kappa shape index (κ2) is 5.90. The summed E-state index contributed by atoms with van der Waals surface area (Å²) in [5.74, 6) is -0.230. The van der Waals surface area contributed by atoms with Crippen molar-refractivity contribution in [1.29, 1.82) is 0 Å². The summed E-state index contributed by atoms with van der Waals surface area (Å²) in [4.78, 5) is 22.0. The maximum absolute atomic E-state index is 11.1. The zero-order valence-electron chi connectivity index (χ0n) is 9.45. The van der Waals surface area contributed by atoms with Crippen molar-refractivity contribution in [1.82, 2.24) is 0 Å². The predicted molar refractivity (Wildman–Crippen MR) is 61.6 cm³/mol. The molecule has 0 amide bonds. The third kappa shape index (κ3) is 3.73. The minimum atomic E-state index is -0.254. The number of carbonyl (C=O) groups excluding carboxylic acids is 2. The Balaban J connectivity index is 2.51. The number of carbonyl (C=O) groups is 2. The van der Waals surface area contributed by atoms with Gasteiger partial charge in [-0.1, -0.05) is 12.1 Å². The van der Waals surface area contributed by atoms with Crippen molar-refractivity contribution in [3.63, 3.8) is 0 Å². The van der Waals surface area contributed by atoms with Crippen LogP contribution in [0.15, 0.2) is 24.3 Å². The van der Waals surface area contributed by atoms with Gasteiger partial charge in [-0.3, -0.25) is 9.59 Å². The average molecular weight is 221 g/mol. The molecule has 1 aromatic carbocycles. The first kappa shape index (κ1) is 12.2. The molecule has 0 aliphatic heterocycles. The number of anilines is 1. The molecule has 0 saturated carbocycles. The molecule has 1 N–H and O–H groups in total. The van der Waals surface area contributed by atoms with Gasteiger partial charge < -0.3 is 10.1 Å². The zero-order valence-corrected chi connectivity index (χ0v) is 9.45. The SMILES string of the molecule is COC(=O)CCNc1cccc(C(C)=O)c1. The standard InChI is InChI=1S/C12H15NO3/c1-9(14)10-4-3-5-11(8-10)13-7-6-12(15)16-2/h3-5,8,13H,6-7H2,1-2H3. The van der Waals surface area contributed by atoms with E-state index in [9.17, 15) is 9.59 Å². The number of hydrogen-bond acceptors (Lipinski definition) is 4. The molecule has 0 aromatic heterocycles. The van der Waals surface area contributed by atoms with E-state index in [-0.39, 0.29) is 11.8 Å². The van der Waals surface area contributed by atoms with Gasteiger partial charge in [0.05, 0.1) is 13.5 Å². The van der Waals surface area contributed by atoms with Gasteiger partial charge in [0.2, 0.25) is 0 Å². The van der Waals surface area contributed by atoms with E-state index < -0.39 is 0 Å². The van der Waals surface area contributed by atoms with Crippen molar-refractivity contribution in [2.75, 3.05) is 19.0 Å². The van der Waals surface area contributed by atoms with Crippen LogP contribution in [-0.2, 0) is 9.53 Å². The lowest BCUT2D eigenvalue weighted by atomic mass is 10.1. The first-order chi connectivity index (χ1) is 7.63. The van der Waals surface area contributed by atoms with E-state index in [1.165, 1.54) is 14.0 Å². The lowest BCUT2D eigenvalue weighted by Gasteiger charge is -2.06. The first-order valence-corrected chi connectivity index (χ1v) is 5.05. The zero-order chi connectivity index (χ0) is 12.0. The van der Waals surface area contributed by atoms with Gasteiger partial charge >= 0.3 is 5.97 Å². The average Bonchev–Trinajstić information content (AvgIpc) is 2.29. The second-order valence-electron chi connectivity index (χ2n) is 3.39. The maximum Gasteiger partial charge on any atom is 0.307 e. The number of ketones is 1. The van der Waals surface area contributed by atoms with Crippen molar-refractivity contribution in [2.24, 2.45) is 0 Å². The largest absolute Gasteiger partial charge is 0.469 e. The minimum Gasteiger partial charge on any atom is -0.469 e. The van der Waals surface area contributed by atoms with Gasteiger partial charge in [-0.25, -0.2) is 0 Å². The summed E-state index contributed by atoms with van der Waals surface area (Å²) in [5.41, 5.74) is 1.49. The Labute approximate surface area is 94.6 Å². The van der Waals surface area contributed by atoms with Gasteiger partial charge in [-0.15, -0.1) is 0 Å². The molecule has 1 rings (SSSR count). The molecule has 0 atom stereocenters. The molecule has 0 bridgehead atoms. The van der Waals surface area contributed by atoms with Crippen LogP contribution in [0.1, 0.15) is 23.7 Å². The van der Waals surface area contributed by atoms with Crippen LogP contribution >= 0.6 is 0 Å². The van der Waals surface area contributed by atoms with Gasteiger partial charge in [0.25, 0.3) is 0 Å². The van der Waals surface area contributed by atoms with Gasteiger partial charge in [-0.05, 0) is 19.1 Å². The molecule has 0 fully saturated rings. The fourth-order valence-electron chi connectivity index (χ4n) is 1.26. The lowest BCUT2D eigenvalue weighted by molar-refractivity contribution is -0.140. The van der Waals surface area contributed by atoms with Crippen LogP contribution in [0, 0.1) is 0 Å². The number of nitrogens with one attached hydrogen (secondary N) is 1. The third-order valence-electron chi connectivity index (χ3n) is 2.16. The van der Waals surface area contributed by atoms with Crippen LogP contribution in [0.25, 0.3) is 0 Å². The Kier molecular flexibility index (Phi) is 4.51. The van der Waals surface area contributed by atoms with Crippen molar-refractivity contribution in [3.05, 3.63) is 29.8 Å². The minimum absolute atomic E-state index is 0.0246. The summed E-state index contributed by atoms with van der Waals surface area (Å²) in [6.07, 6.45) is 0.306.